The van der Waals surface area contributed by atoms with Crippen molar-refractivity contribution in [3.05, 3.63) is 72.9 Å². The number of carbonyl (C=O) groups is 3. The van der Waals surface area contributed by atoms with E-state index in [-0.39, 0.29) is 31.6 Å². The molecule has 0 spiro atoms. The second-order valence-electron chi connectivity index (χ2n) is 18.8. The summed E-state index contributed by atoms with van der Waals surface area (Å²) in [4.78, 5) is 38.0. The van der Waals surface area contributed by atoms with Crippen molar-refractivity contribution in [1.82, 2.24) is 0 Å². The van der Waals surface area contributed by atoms with Crippen LogP contribution in [0.15, 0.2) is 72.9 Å². The van der Waals surface area contributed by atoms with Gasteiger partial charge in [0.15, 0.2) is 6.10 Å². The summed E-state index contributed by atoms with van der Waals surface area (Å²) in [5.41, 5.74) is 0. The van der Waals surface area contributed by atoms with Gasteiger partial charge < -0.3 is 14.2 Å². The van der Waals surface area contributed by atoms with Gasteiger partial charge >= 0.3 is 17.9 Å². The molecule has 0 aromatic carbocycles. The van der Waals surface area contributed by atoms with Gasteiger partial charge in [0.05, 0.1) is 0 Å². The zero-order valence-electron chi connectivity index (χ0n) is 44.2. The summed E-state index contributed by atoms with van der Waals surface area (Å²) in [5.74, 6) is -0.994. The van der Waals surface area contributed by atoms with Gasteiger partial charge in [0, 0.05) is 19.3 Å². The molecule has 6 heteroatoms. The monoisotopic (exact) mass is 935 g/mol. The zero-order valence-corrected chi connectivity index (χ0v) is 44.2. The van der Waals surface area contributed by atoms with Crippen LogP contribution in [0.25, 0.3) is 0 Å². The highest BCUT2D eigenvalue weighted by molar-refractivity contribution is 5.71. The standard InChI is InChI=1S/C61H106O6/c1-4-7-10-13-16-19-22-24-25-26-27-28-29-30-31-32-33-34-35-37-39-42-45-48-51-54-60(63)66-57-58(56-65-59(62)53-50-47-44-41-38-21-18-15-12-9-6-3)67-61(64)55-52-49-46-43-40-36-23-20-17-14-11-8-5-2/h8,11,15,17-18,20,26-27,36,40,46,49,58H,4-7,9-10,12-14,16,19,21-25,28-35,37-39,41-45,47-48,50-57H2,1-3H3/b11-8-,18-15-,20-17-,27-26-,40-36-,49-46-. The molecule has 0 aliphatic rings. The second-order valence-corrected chi connectivity index (χ2v) is 18.8. The third-order valence-corrected chi connectivity index (χ3v) is 12.2. The quantitative estimate of drug-likeness (QED) is 0.0262. The molecule has 0 saturated carbocycles. The highest BCUT2D eigenvalue weighted by Crippen LogP contribution is 2.15. The van der Waals surface area contributed by atoms with E-state index in [1.54, 1.807) is 0 Å². The van der Waals surface area contributed by atoms with Crippen molar-refractivity contribution in [2.45, 2.75) is 284 Å². The average molecular weight is 936 g/mol. The highest BCUT2D eigenvalue weighted by Gasteiger charge is 2.19. The first-order chi connectivity index (χ1) is 33.0. The van der Waals surface area contributed by atoms with E-state index in [1.807, 2.05) is 12.2 Å². The topological polar surface area (TPSA) is 78.9 Å². The SMILES string of the molecule is CC/C=C\C/C=C\C/C=C\C/C=C\CCC(=O)OC(COC(=O)CCCCCCC/C=C\CCCC)COC(=O)CCCCCCCCCCCCCCC/C=C\CCCCCCCCCC. The molecule has 0 saturated heterocycles. The number of unbranched alkanes of at least 4 members (excludes halogenated alkanes) is 28. The van der Waals surface area contributed by atoms with Crippen LogP contribution in [-0.4, -0.2) is 37.2 Å². The van der Waals surface area contributed by atoms with E-state index in [4.69, 9.17) is 14.2 Å². The van der Waals surface area contributed by atoms with Gasteiger partial charge in [0.1, 0.15) is 13.2 Å². The summed E-state index contributed by atoms with van der Waals surface area (Å²) in [6, 6.07) is 0. The first-order valence-electron chi connectivity index (χ1n) is 28.4. The molecule has 0 bridgehead atoms. The fourth-order valence-corrected chi connectivity index (χ4v) is 7.90. The Labute approximate surface area is 414 Å². The lowest BCUT2D eigenvalue weighted by molar-refractivity contribution is -0.166. The van der Waals surface area contributed by atoms with Crippen molar-refractivity contribution >= 4 is 17.9 Å². The lowest BCUT2D eigenvalue weighted by Crippen LogP contribution is -2.30. The minimum absolute atomic E-state index is 0.106. The Bertz CT molecular complexity index is 1260. The van der Waals surface area contributed by atoms with Crippen molar-refractivity contribution < 1.29 is 28.6 Å². The van der Waals surface area contributed by atoms with Gasteiger partial charge in [-0.3, -0.25) is 14.4 Å². The van der Waals surface area contributed by atoms with Gasteiger partial charge in [-0.1, -0.05) is 241 Å². The van der Waals surface area contributed by atoms with Gasteiger partial charge in [0.25, 0.3) is 0 Å². The Balaban J connectivity index is 4.26. The molecule has 386 valence electrons. The van der Waals surface area contributed by atoms with Crippen LogP contribution in [0.4, 0.5) is 0 Å². The average Bonchev–Trinajstić information content (AvgIpc) is 3.33. The van der Waals surface area contributed by atoms with Gasteiger partial charge in [-0.25, -0.2) is 0 Å². The molecule has 0 N–H and O–H groups in total. The van der Waals surface area contributed by atoms with Crippen molar-refractivity contribution in [1.29, 1.82) is 0 Å². The minimum Gasteiger partial charge on any atom is -0.462 e. The van der Waals surface area contributed by atoms with E-state index < -0.39 is 12.1 Å². The Morgan fingerprint density at radius 3 is 1.01 bits per heavy atom. The number of ether oxygens (including phenoxy) is 3. The molecule has 1 unspecified atom stereocenters. The minimum atomic E-state index is -0.815. The third kappa shape index (κ3) is 53.7. The number of allylic oxidation sites excluding steroid dienone is 12. The summed E-state index contributed by atoms with van der Waals surface area (Å²) in [6.45, 7) is 6.43. The fraction of sp³-hybridized carbons (Fsp3) is 0.754. The molecule has 6 nitrogen and oxygen atoms in total. The normalized spacial score (nSPS) is 12.6. The molecule has 0 fully saturated rings. The van der Waals surface area contributed by atoms with Crippen LogP contribution in [0, 0.1) is 0 Å². The van der Waals surface area contributed by atoms with E-state index in [2.05, 4.69) is 81.5 Å². The van der Waals surface area contributed by atoms with Crippen LogP contribution in [0.5, 0.6) is 0 Å². The predicted octanol–water partition coefficient (Wildman–Crippen LogP) is 19.0. The van der Waals surface area contributed by atoms with Crippen molar-refractivity contribution in [2.75, 3.05) is 13.2 Å². The zero-order chi connectivity index (χ0) is 48.6. The maximum atomic E-state index is 12.8. The first-order valence-corrected chi connectivity index (χ1v) is 28.4. The molecule has 67 heavy (non-hydrogen) atoms. The number of rotatable bonds is 51. The molecule has 0 amide bonds. The predicted molar refractivity (Wildman–Crippen MR) is 288 cm³/mol. The molecule has 0 rings (SSSR count). The summed E-state index contributed by atoms with van der Waals surface area (Å²) < 4.78 is 16.7. The van der Waals surface area contributed by atoms with E-state index >= 15 is 0 Å². The Morgan fingerprint density at radius 2 is 0.627 bits per heavy atom. The maximum absolute atomic E-state index is 12.8. The summed E-state index contributed by atoms with van der Waals surface area (Å²) >= 11 is 0. The molecule has 0 aliphatic heterocycles. The Hall–Kier alpha value is -3.15. The second kappa shape index (κ2) is 55.4. The number of hydrogen-bond donors (Lipinski definition) is 0. The van der Waals surface area contributed by atoms with Crippen LogP contribution in [0.3, 0.4) is 0 Å². The molecular weight excluding hydrogens is 829 g/mol. The molecular formula is C61H106O6. The van der Waals surface area contributed by atoms with Crippen LogP contribution < -0.4 is 0 Å². The van der Waals surface area contributed by atoms with Crippen molar-refractivity contribution in [3.8, 4) is 0 Å². The lowest BCUT2D eigenvalue weighted by atomic mass is 10.0. The summed E-state index contributed by atoms with van der Waals surface area (Å²) in [7, 11) is 0. The first kappa shape index (κ1) is 63.8. The largest absolute Gasteiger partial charge is 0.462 e. The molecule has 0 aromatic rings. The van der Waals surface area contributed by atoms with Crippen molar-refractivity contribution in [3.63, 3.8) is 0 Å². The summed E-state index contributed by atoms with van der Waals surface area (Å²) in [6.07, 6.45) is 70.7. The molecule has 0 radical (unpaired) electrons. The van der Waals surface area contributed by atoms with Crippen molar-refractivity contribution in [2.24, 2.45) is 0 Å². The summed E-state index contributed by atoms with van der Waals surface area (Å²) in [5, 5.41) is 0. The fourth-order valence-electron chi connectivity index (χ4n) is 7.90. The van der Waals surface area contributed by atoms with Gasteiger partial charge in [-0.2, -0.15) is 0 Å². The Morgan fingerprint density at radius 1 is 0.313 bits per heavy atom. The molecule has 0 aliphatic carbocycles. The van der Waals surface area contributed by atoms with E-state index in [1.165, 1.54) is 154 Å². The smallest absolute Gasteiger partial charge is 0.306 e. The maximum Gasteiger partial charge on any atom is 0.306 e. The lowest BCUT2D eigenvalue weighted by Gasteiger charge is -2.18. The Kier molecular flexibility index (Phi) is 52.8. The molecule has 0 heterocycles. The van der Waals surface area contributed by atoms with Gasteiger partial charge in [-0.15, -0.1) is 0 Å². The van der Waals surface area contributed by atoms with E-state index in [0.29, 0.717) is 19.3 Å². The van der Waals surface area contributed by atoms with Gasteiger partial charge in [0.2, 0.25) is 0 Å². The molecule has 0 aromatic heterocycles. The number of esters is 3. The molecule has 1 atom stereocenters. The van der Waals surface area contributed by atoms with Crippen LogP contribution in [0.1, 0.15) is 278 Å². The van der Waals surface area contributed by atoms with E-state index in [9.17, 15) is 14.4 Å². The van der Waals surface area contributed by atoms with Crippen LogP contribution in [-0.2, 0) is 28.6 Å². The van der Waals surface area contributed by atoms with E-state index in [0.717, 1.165) is 77.0 Å². The number of hydrogen-bond acceptors (Lipinski definition) is 6. The van der Waals surface area contributed by atoms with Gasteiger partial charge in [-0.05, 0) is 89.9 Å². The van der Waals surface area contributed by atoms with Crippen LogP contribution >= 0.6 is 0 Å². The van der Waals surface area contributed by atoms with Crippen LogP contribution in [0.2, 0.25) is 0 Å². The highest BCUT2D eigenvalue weighted by atomic mass is 16.6. The third-order valence-electron chi connectivity index (χ3n) is 12.2. The number of carbonyl (C=O) groups excluding carboxylic acids is 3.